The minimum atomic E-state index is -0.0354. The number of likely N-dealkylation sites (tertiary alicyclic amines) is 1. The molecule has 0 aromatic heterocycles. The van der Waals surface area contributed by atoms with Gasteiger partial charge in [-0.25, -0.2) is 0 Å². The second kappa shape index (κ2) is 5.93. The predicted octanol–water partition coefficient (Wildman–Crippen LogP) is 1.13. The van der Waals surface area contributed by atoms with Crippen molar-refractivity contribution in [2.75, 3.05) is 18.8 Å². The second-order valence-corrected chi connectivity index (χ2v) is 8.38. The van der Waals surface area contributed by atoms with Gasteiger partial charge in [-0.1, -0.05) is 19.3 Å². The zero-order valence-electron chi connectivity index (χ0n) is 12.8. The molecular weight excluding hydrogens is 296 g/mol. The van der Waals surface area contributed by atoms with Crippen molar-refractivity contribution in [3.05, 3.63) is 0 Å². The Balaban J connectivity index is 1.27. The average molecular weight is 320 g/mol. The molecule has 2 aliphatic heterocycles. The first kappa shape index (κ1) is 14.6. The minimum Gasteiger partial charge on any atom is -0.340 e. The van der Waals surface area contributed by atoms with Crippen LogP contribution in [0.1, 0.15) is 32.1 Å². The van der Waals surface area contributed by atoms with Gasteiger partial charge >= 0.3 is 0 Å². The van der Waals surface area contributed by atoms with Crippen molar-refractivity contribution in [3.63, 3.8) is 0 Å². The van der Waals surface area contributed by atoms with Gasteiger partial charge < -0.3 is 10.2 Å². The van der Waals surface area contributed by atoms with E-state index in [0.717, 1.165) is 24.8 Å². The largest absolute Gasteiger partial charge is 0.340 e. The molecule has 120 valence electrons. The normalized spacial score (nSPS) is 41.0. The summed E-state index contributed by atoms with van der Waals surface area (Å²) in [6.07, 6.45) is 8.78. The van der Waals surface area contributed by atoms with E-state index in [4.69, 9.17) is 5.26 Å². The van der Waals surface area contributed by atoms with Gasteiger partial charge in [0.15, 0.2) is 6.19 Å². The van der Waals surface area contributed by atoms with Crippen molar-refractivity contribution in [2.24, 2.45) is 17.8 Å². The lowest BCUT2D eigenvalue weighted by atomic mass is 9.84. The van der Waals surface area contributed by atoms with E-state index in [1.54, 1.807) is 11.8 Å². The lowest BCUT2D eigenvalue weighted by Crippen LogP contribution is -2.46. The smallest absolute Gasteiger partial charge is 0.250 e. The lowest BCUT2D eigenvalue weighted by molar-refractivity contribution is -0.130. The van der Waals surface area contributed by atoms with E-state index in [0.29, 0.717) is 23.9 Å². The molecule has 5 atom stereocenters. The van der Waals surface area contributed by atoms with Gasteiger partial charge in [0.2, 0.25) is 5.91 Å². The van der Waals surface area contributed by atoms with Crippen LogP contribution in [0.5, 0.6) is 0 Å². The molecule has 2 saturated heterocycles. The Bertz CT molecular complexity index is 475. The van der Waals surface area contributed by atoms with Gasteiger partial charge in [0.05, 0.1) is 0 Å². The Labute approximate surface area is 136 Å². The van der Waals surface area contributed by atoms with Gasteiger partial charge in [-0.3, -0.25) is 10.1 Å². The maximum atomic E-state index is 12.7. The number of amides is 1. The third-order valence-electron chi connectivity index (χ3n) is 5.99. The van der Waals surface area contributed by atoms with Crippen LogP contribution in [0, 0.1) is 29.2 Å². The summed E-state index contributed by atoms with van der Waals surface area (Å²) >= 11 is 1.80. The van der Waals surface area contributed by atoms with E-state index in [1.807, 2.05) is 11.1 Å². The van der Waals surface area contributed by atoms with Gasteiger partial charge in [0.25, 0.3) is 0 Å². The zero-order chi connectivity index (χ0) is 15.1. The summed E-state index contributed by atoms with van der Waals surface area (Å²) in [5, 5.41) is 15.1. The fourth-order valence-electron chi connectivity index (χ4n) is 4.60. The number of thioether (sulfide) groups is 1. The highest BCUT2D eigenvalue weighted by molar-refractivity contribution is 8.00. The molecule has 3 unspecified atom stereocenters. The first-order chi connectivity index (χ1) is 10.8. The molecule has 4 rings (SSSR count). The molecule has 0 radical (unpaired) electrons. The molecule has 4 aliphatic rings. The van der Waals surface area contributed by atoms with E-state index in [2.05, 4.69) is 10.6 Å². The predicted molar refractivity (Wildman–Crippen MR) is 85.8 cm³/mol. The number of nitrogens with zero attached hydrogens (tertiary/aromatic N) is 2. The first-order valence-electron chi connectivity index (χ1n) is 8.59. The van der Waals surface area contributed by atoms with Crippen molar-refractivity contribution in [3.8, 4) is 6.19 Å². The number of piperidine rings is 1. The first-order valence-corrected chi connectivity index (χ1v) is 9.64. The molecule has 0 aromatic rings. The number of nitriles is 1. The minimum absolute atomic E-state index is 0.0354. The van der Waals surface area contributed by atoms with Crippen LogP contribution < -0.4 is 10.6 Å². The highest BCUT2D eigenvalue weighted by Gasteiger charge is 2.57. The summed E-state index contributed by atoms with van der Waals surface area (Å²) in [7, 11) is 0. The number of carbonyl (C=O) groups is 1. The van der Waals surface area contributed by atoms with Crippen LogP contribution in [0.3, 0.4) is 0 Å². The van der Waals surface area contributed by atoms with E-state index in [1.165, 1.54) is 32.1 Å². The Morgan fingerprint density at radius 2 is 1.95 bits per heavy atom. The summed E-state index contributed by atoms with van der Waals surface area (Å²) in [4.78, 5) is 14.7. The maximum absolute atomic E-state index is 12.7. The SMILES string of the molecule is N#CNC1[C@H]2CN(C(=O)C3NC(C4CCCCC4)CS3)C[C@@H]12. The molecule has 0 aromatic carbocycles. The Morgan fingerprint density at radius 1 is 1.23 bits per heavy atom. The summed E-state index contributed by atoms with van der Waals surface area (Å²) in [6, 6.07) is 0.859. The summed E-state index contributed by atoms with van der Waals surface area (Å²) in [5.41, 5.74) is 0. The van der Waals surface area contributed by atoms with Gasteiger partial charge in [0, 0.05) is 42.8 Å². The quantitative estimate of drug-likeness (QED) is 0.603. The van der Waals surface area contributed by atoms with E-state index >= 15 is 0 Å². The molecule has 22 heavy (non-hydrogen) atoms. The van der Waals surface area contributed by atoms with Crippen LogP contribution in [0.15, 0.2) is 0 Å². The standard InChI is InChI=1S/C16H24N4OS/c17-9-18-14-11-6-20(7-12(11)14)16(21)15-19-13(8-22-15)10-4-2-1-3-5-10/h10-15,18-19H,1-8H2/t11-,12+,13?,14?,15?. The Hall–Kier alpha value is -0.930. The summed E-state index contributed by atoms with van der Waals surface area (Å²) < 4.78 is 0. The Kier molecular flexibility index (Phi) is 3.95. The molecule has 4 fully saturated rings. The van der Waals surface area contributed by atoms with Crippen molar-refractivity contribution in [2.45, 2.75) is 49.6 Å². The third-order valence-corrected chi connectivity index (χ3v) is 7.21. The lowest BCUT2D eigenvalue weighted by Gasteiger charge is -2.28. The number of hydrogen-bond donors (Lipinski definition) is 2. The molecule has 2 heterocycles. The van der Waals surface area contributed by atoms with E-state index in [-0.39, 0.29) is 11.3 Å². The van der Waals surface area contributed by atoms with Crippen molar-refractivity contribution in [1.82, 2.24) is 15.5 Å². The molecular formula is C16H24N4OS. The molecule has 6 heteroatoms. The summed E-state index contributed by atoms with van der Waals surface area (Å²) in [5.74, 6) is 3.13. The monoisotopic (exact) mass is 320 g/mol. The van der Waals surface area contributed by atoms with Crippen LogP contribution >= 0.6 is 11.8 Å². The number of rotatable bonds is 3. The molecule has 2 saturated carbocycles. The second-order valence-electron chi connectivity index (χ2n) is 7.24. The molecule has 0 bridgehead atoms. The van der Waals surface area contributed by atoms with Crippen LogP contribution in [-0.4, -0.2) is 47.1 Å². The van der Waals surface area contributed by atoms with Crippen LogP contribution in [0.25, 0.3) is 0 Å². The number of hydrogen-bond acceptors (Lipinski definition) is 5. The van der Waals surface area contributed by atoms with Crippen LogP contribution in [-0.2, 0) is 4.79 Å². The van der Waals surface area contributed by atoms with Crippen LogP contribution in [0.4, 0.5) is 0 Å². The fourth-order valence-corrected chi connectivity index (χ4v) is 5.93. The third kappa shape index (κ3) is 2.59. The fraction of sp³-hybridized carbons (Fsp3) is 0.875. The molecule has 2 aliphatic carbocycles. The number of nitrogens with one attached hydrogen (secondary N) is 2. The summed E-state index contributed by atoms with van der Waals surface area (Å²) in [6.45, 7) is 1.66. The number of fused-ring (bicyclic) bond motifs is 1. The Morgan fingerprint density at radius 3 is 2.64 bits per heavy atom. The number of carbonyl (C=O) groups excluding carboxylic acids is 1. The van der Waals surface area contributed by atoms with Gasteiger partial charge in [-0.15, -0.1) is 11.8 Å². The molecule has 1 amide bonds. The molecule has 0 spiro atoms. The van der Waals surface area contributed by atoms with Crippen molar-refractivity contribution in [1.29, 1.82) is 5.26 Å². The van der Waals surface area contributed by atoms with E-state index in [9.17, 15) is 4.79 Å². The van der Waals surface area contributed by atoms with Gasteiger partial charge in [-0.05, 0) is 18.8 Å². The van der Waals surface area contributed by atoms with Gasteiger partial charge in [0.1, 0.15) is 5.37 Å². The topological polar surface area (TPSA) is 68.2 Å². The van der Waals surface area contributed by atoms with Crippen LogP contribution in [0.2, 0.25) is 0 Å². The molecule has 5 nitrogen and oxygen atoms in total. The van der Waals surface area contributed by atoms with Gasteiger partial charge in [-0.2, -0.15) is 5.26 Å². The van der Waals surface area contributed by atoms with Crippen molar-refractivity contribution < 1.29 is 4.79 Å². The molecule has 2 N–H and O–H groups in total. The maximum Gasteiger partial charge on any atom is 0.250 e. The highest BCUT2D eigenvalue weighted by Crippen LogP contribution is 2.46. The van der Waals surface area contributed by atoms with E-state index < -0.39 is 0 Å². The average Bonchev–Trinajstić information content (AvgIpc) is 2.98. The zero-order valence-corrected chi connectivity index (χ0v) is 13.6. The highest BCUT2D eigenvalue weighted by atomic mass is 32.2. The van der Waals surface area contributed by atoms with Crippen molar-refractivity contribution >= 4 is 17.7 Å².